The number of carbonyl (C=O) groups excluding carboxylic acids is 1. The van der Waals surface area contributed by atoms with Crippen molar-refractivity contribution >= 4 is 58.2 Å². The Morgan fingerprint density at radius 3 is 2.47 bits per heavy atom. The molecule has 1 aromatic rings. The number of benzene rings is 1. The van der Waals surface area contributed by atoms with E-state index in [-0.39, 0.29) is 10.0 Å². The summed E-state index contributed by atoms with van der Waals surface area (Å²) in [5, 5.41) is 11.0. The summed E-state index contributed by atoms with van der Waals surface area (Å²) in [6.45, 7) is 0. The van der Waals surface area contributed by atoms with Crippen molar-refractivity contribution in [1.29, 1.82) is 0 Å². The Morgan fingerprint density at radius 1 is 1.32 bits per heavy atom. The molecule has 1 heterocycles. The van der Waals surface area contributed by atoms with Crippen LogP contribution in [-0.2, 0) is 4.79 Å². The highest BCUT2D eigenvalue weighted by Crippen LogP contribution is 2.33. The number of aliphatic hydroxyl groups is 1. The van der Waals surface area contributed by atoms with Gasteiger partial charge in [-0.2, -0.15) is 11.8 Å². The summed E-state index contributed by atoms with van der Waals surface area (Å²) in [5.41, 5.74) is 4.04. The van der Waals surface area contributed by atoms with E-state index >= 15 is 0 Å². The predicted molar refractivity (Wildman–Crippen MR) is 80.1 cm³/mol. The maximum Gasteiger partial charge on any atom is 0.271 e. The monoisotopic (exact) mass is 340 g/mol. The zero-order valence-corrected chi connectivity index (χ0v) is 12.8. The highest BCUT2D eigenvalue weighted by Gasteiger charge is 2.39. The Morgan fingerprint density at radius 2 is 1.95 bits per heavy atom. The van der Waals surface area contributed by atoms with Crippen molar-refractivity contribution in [2.24, 2.45) is 0 Å². The van der Waals surface area contributed by atoms with Crippen molar-refractivity contribution in [2.45, 2.75) is 12.0 Å². The zero-order chi connectivity index (χ0) is 14.0. The average Bonchev–Trinajstić information content (AvgIpc) is 2.75. The molecule has 0 bridgehead atoms. The van der Waals surface area contributed by atoms with Gasteiger partial charge in [0.05, 0.1) is 15.7 Å². The number of rotatable bonds is 3. The van der Waals surface area contributed by atoms with Gasteiger partial charge in [-0.1, -0.05) is 34.8 Å². The number of thioether (sulfide) groups is 1. The molecule has 1 aliphatic heterocycles. The summed E-state index contributed by atoms with van der Waals surface area (Å²) in [6.07, 6.45) is 0.424. The van der Waals surface area contributed by atoms with Crippen molar-refractivity contribution < 1.29 is 9.90 Å². The maximum absolute atomic E-state index is 11.9. The molecule has 1 aliphatic rings. The van der Waals surface area contributed by atoms with Crippen LogP contribution in [0.3, 0.4) is 0 Å². The molecule has 8 heteroatoms. The molecule has 1 unspecified atom stereocenters. The van der Waals surface area contributed by atoms with E-state index in [1.54, 1.807) is 0 Å². The van der Waals surface area contributed by atoms with Crippen molar-refractivity contribution in [3.8, 4) is 0 Å². The van der Waals surface area contributed by atoms with E-state index in [0.717, 1.165) is 5.75 Å². The smallest absolute Gasteiger partial charge is 0.271 e. The predicted octanol–water partition coefficient (Wildman–Crippen LogP) is 2.96. The molecule has 3 N–H and O–H groups in total. The van der Waals surface area contributed by atoms with Crippen LogP contribution in [0, 0.1) is 0 Å². The number of carbonyl (C=O) groups is 1. The molecular formula is C11H11Cl3N2O2S. The van der Waals surface area contributed by atoms with Gasteiger partial charge < -0.3 is 5.11 Å². The maximum atomic E-state index is 11.9. The number of hydrogen-bond acceptors (Lipinski definition) is 4. The average molecular weight is 342 g/mol. The third-order valence-electron chi connectivity index (χ3n) is 2.73. The number of hydrazine groups is 1. The van der Waals surface area contributed by atoms with Gasteiger partial charge in [-0.05, 0) is 24.3 Å². The molecule has 0 spiro atoms. The first kappa shape index (κ1) is 15.1. The highest BCUT2D eigenvalue weighted by atomic mass is 35.5. The topological polar surface area (TPSA) is 61.4 Å². The molecule has 1 amide bonds. The van der Waals surface area contributed by atoms with Crippen molar-refractivity contribution in [2.75, 3.05) is 16.9 Å². The first-order valence-corrected chi connectivity index (χ1v) is 7.72. The van der Waals surface area contributed by atoms with Gasteiger partial charge in [0.25, 0.3) is 5.91 Å². The Hall–Kier alpha value is -0.330. The van der Waals surface area contributed by atoms with E-state index < -0.39 is 11.5 Å². The normalized spacial score (nSPS) is 22.3. The quantitative estimate of drug-likeness (QED) is 0.740. The zero-order valence-electron chi connectivity index (χ0n) is 9.67. The van der Waals surface area contributed by atoms with Crippen LogP contribution in [0.25, 0.3) is 0 Å². The first-order chi connectivity index (χ1) is 8.92. The molecule has 104 valence electrons. The van der Waals surface area contributed by atoms with Crippen molar-refractivity contribution in [1.82, 2.24) is 5.43 Å². The fraction of sp³-hybridized carbons (Fsp3) is 0.364. The summed E-state index contributed by atoms with van der Waals surface area (Å²) in [6, 6.07) is 3.01. The Labute approximate surface area is 129 Å². The van der Waals surface area contributed by atoms with Gasteiger partial charge in [-0.25, -0.2) is 0 Å². The number of amides is 1. The molecule has 2 rings (SSSR count). The van der Waals surface area contributed by atoms with E-state index in [9.17, 15) is 9.90 Å². The number of nitrogens with one attached hydrogen (secondary N) is 2. The SMILES string of the molecule is O=C(NNc1c(Cl)cc(Cl)cc1Cl)C1(O)CCSC1. The summed E-state index contributed by atoms with van der Waals surface area (Å²) in [7, 11) is 0. The van der Waals surface area contributed by atoms with Gasteiger partial charge in [0.15, 0.2) is 5.60 Å². The molecular weight excluding hydrogens is 331 g/mol. The second-order valence-electron chi connectivity index (χ2n) is 4.16. The fourth-order valence-corrected chi connectivity index (χ4v) is 3.78. The summed E-state index contributed by atoms with van der Waals surface area (Å²) in [5.74, 6) is 0.634. The molecule has 0 aromatic heterocycles. The van der Waals surface area contributed by atoms with Gasteiger partial charge in [0.2, 0.25) is 0 Å². The second-order valence-corrected chi connectivity index (χ2v) is 6.51. The molecule has 0 radical (unpaired) electrons. The lowest BCUT2D eigenvalue weighted by atomic mass is 10.0. The van der Waals surface area contributed by atoms with Gasteiger partial charge in [-0.15, -0.1) is 0 Å². The van der Waals surface area contributed by atoms with Gasteiger partial charge in [0.1, 0.15) is 0 Å². The highest BCUT2D eigenvalue weighted by molar-refractivity contribution is 7.99. The van der Waals surface area contributed by atoms with E-state index in [1.807, 2.05) is 0 Å². The number of halogens is 3. The van der Waals surface area contributed by atoms with E-state index in [0.29, 0.717) is 22.9 Å². The van der Waals surface area contributed by atoms with Crippen LogP contribution < -0.4 is 10.9 Å². The minimum Gasteiger partial charge on any atom is -0.379 e. The Bertz CT molecular complexity index is 484. The van der Waals surface area contributed by atoms with Crippen molar-refractivity contribution in [3.05, 3.63) is 27.2 Å². The number of anilines is 1. The summed E-state index contributed by atoms with van der Waals surface area (Å²) in [4.78, 5) is 11.9. The molecule has 0 aliphatic carbocycles. The van der Waals surface area contributed by atoms with Crippen molar-refractivity contribution in [3.63, 3.8) is 0 Å². The Balaban J connectivity index is 2.05. The minimum absolute atomic E-state index is 0.283. The molecule has 0 saturated carbocycles. The number of hydrogen-bond donors (Lipinski definition) is 3. The lowest BCUT2D eigenvalue weighted by Crippen LogP contribution is -2.48. The van der Waals surface area contributed by atoms with Gasteiger partial charge in [-0.3, -0.25) is 15.6 Å². The van der Waals surface area contributed by atoms with E-state index in [2.05, 4.69) is 10.9 Å². The van der Waals surface area contributed by atoms with E-state index in [1.165, 1.54) is 23.9 Å². The molecule has 4 nitrogen and oxygen atoms in total. The van der Waals surface area contributed by atoms with Crippen LogP contribution in [-0.4, -0.2) is 28.1 Å². The molecule has 1 aromatic carbocycles. The molecule has 1 atom stereocenters. The van der Waals surface area contributed by atoms with Gasteiger partial charge >= 0.3 is 0 Å². The summed E-state index contributed by atoms with van der Waals surface area (Å²) < 4.78 is 0. The van der Waals surface area contributed by atoms with Crippen LogP contribution in [0.4, 0.5) is 5.69 Å². The molecule has 1 saturated heterocycles. The third kappa shape index (κ3) is 3.41. The Kier molecular flexibility index (Phi) is 4.74. The standard InChI is InChI=1S/C11H11Cl3N2O2S/c12-6-3-7(13)9(8(14)4-6)15-16-10(17)11(18)1-2-19-5-11/h3-4,15,18H,1-2,5H2,(H,16,17). The van der Waals surface area contributed by atoms with E-state index in [4.69, 9.17) is 34.8 Å². The minimum atomic E-state index is -1.34. The lowest BCUT2D eigenvalue weighted by molar-refractivity contribution is -0.136. The first-order valence-electron chi connectivity index (χ1n) is 5.43. The lowest BCUT2D eigenvalue weighted by Gasteiger charge is -2.21. The van der Waals surface area contributed by atoms with Crippen LogP contribution in [0.5, 0.6) is 0 Å². The van der Waals surface area contributed by atoms with Crippen LogP contribution >= 0.6 is 46.6 Å². The largest absolute Gasteiger partial charge is 0.379 e. The molecule has 19 heavy (non-hydrogen) atoms. The van der Waals surface area contributed by atoms with Crippen LogP contribution in [0.15, 0.2) is 12.1 Å². The van der Waals surface area contributed by atoms with Crippen LogP contribution in [0.1, 0.15) is 6.42 Å². The molecule has 1 fully saturated rings. The van der Waals surface area contributed by atoms with Crippen LogP contribution in [0.2, 0.25) is 15.1 Å². The third-order valence-corrected chi connectivity index (χ3v) is 4.72. The fourth-order valence-electron chi connectivity index (χ4n) is 1.63. The second kappa shape index (κ2) is 5.97. The van der Waals surface area contributed by atoms with Gasteiger partial charge in [0, 0.05) is 10.8 Å². The summed E-state index contributed by atoms with van der Waals surface area (Å²) >= 11 is 19.2.